The van der Waals surface area contributed by atoms with Gasteiger partial charge in [-0.05, 0) is 29.8 Å². The SMILES string of the molecule is CN1CC(=O)N(c2ccccc2F)Cc2c(NCc3cccc(C(F)(F)F)c3)ncnc21. The first-order valence-corrected chi connectivity index (χ1v) is 9.74. The van der Waals surface area contributed by atoms with Crippen molar-refractivity contribution in [3.63, 3.8) is 0 Å². The fourth-order valence-corrected chi connectivity index (χ4v) is 3.57. The average Bonchev–Trinajstić information content (AvgIpc) is 2.88. The van der Waals surface area contributed by atoms with E-state index in [-0.39, 0.29) is 31.2 Å². The van der Waals surface area contributed by atoms with Crippen molar-refractivity contribution in [2.75, 3.05) is 28.7 Å². The van der Waals surface area contributed by atoms with Gasteiger partial charge in [-0.25, -0.2) is 14.4 Å². The normalized spacial score (nSPS) is 14.2. The van der Waals surface area contributed by atoms with Crippen LogP contribution in [0.15, 0.2) is 54.9 Å². The molecule has 0 spiro atoms. The van der Waals surface area contributed by atoms with Crippen LogP contribution in [0.5, 0.6) is 0 Å². The zero-order chi connectivity index (χ0) is 22.9. The van der Waals surface area contributed by atoms with E-state index >= 15 is 0 Å². The van der Waals surface area contributed by atoms with Crippen molar-refractivity contribution in [2.45, 2.75) is 19.3 Å². The molecule has 6 nitrogen and oxygen atoms in total. The number of alkyl halides is 3. The average molecular weight is 445 g/mol. The molecule has 0 atom stereocenters. The molecule has 0 unspecified atom stereocenters. The zero-order valence-electron chi connectivity index (χ0n) is 17.0. The van der Waals surface area contributed by atoms with Crippen molar-refractivity contribution < 1.29 is 22.4 Å². The molecule has 4 rings (SSSR count). The summed E-state index contributed by atoms with van der Waals surface area (Å²) in [5.41, 5.74) is 0.341. The second-order valence-electron chi connectivity index (χ2n) is 7.36. The minimum Gasteiger partial charge on any atom is -0.366 e. The Bertz CT molecular complexity index is 1150. The third-order valence-electron chi connectivity index (χ3n) is 5.13. The second kappa shape index (κ2) is 8.45. The van der Waals surface area contributed by atoms with Gasteiger partial charge in [-0.3, -0.25) is 4.79 Å². The Morgan fingerprint density at radius 2 is 1.84 bits per heavy atom. The topological polar surface area (TPSA) is 61.4 Å². The molecule has 2 heterocycles. The van der Waals surface area contributed by atoms with Crippen LogP contribution in [0.4, 0.5) is 34.9 Å². The van der Waals surface area contributed by atoms with Gasteiger partial charge < -0.3 is 15.1 Å². The molecular formula is C22H19F4N5O. The van der Waals surface area contributed by atoms with Gasteiger partial charge in [0.05, 0.1) is 29.9 Å². The van der Waals surface area contributed by atoms with Gasteiger partial charge in [-0.15, -0.1) is 0 Å². The van der Waals surface area contributed by atoms with Gasteiger partial charge >= 0.3 is 6.18 Å². The molecule has 10 heteroatoms. The summed E-state index contributed by atoms with van der Waals surface area (Å²) in [5.74, 6) is -0.0178. The summed E-state index contributed by atoms with van der Waals surface area (Å²) in [6, 6.07) is 10.9. The third-order valence-corrected chi connectivity index (χ3v) is 5.13. The number of carbonyl (C=O) groups is 1. The van der Waals surface area contributed by atoms with Crippen LogP contribution in [0.1, 0.15) is 16.7 Å². The van der Waals surface area contributed by atoms with Crippen molar-refractivity contribution in [1.29, 1.82) is 0 Å². The molecule has 1 N–H and O–H groups in total. The Hall–Kier alpha value is -3.69. The van der Waals surface area contributed by atoms with E-state index in [1.165, 1.54) is 35.5 Å². The lowest BCUT2D eigenvalue weighted by atomic mass is 10.1. The van der Waals surface area contributed by atoms with Gasteiger partial charge in [-0.1, -0.05) is 24.3 Å². The fraction of sp³-hybridized carbons (Fsp3) is 0.227. The number of aromatic nitrogens is 2. The van der Waals surface area contributed by atoms with Crippen LogP contribution in [0, 0.1) is 5.82 Å². The molecule has 2 aromatic carbocycles. The predicted molar refractivity (Wildman–Crippen MR) is 112 cm³/mol. The lowest BCUT2D eigenvalue weighted by Gasteiger charge is -2.22. The fourth-order valence-electron chi connectivity index (χ4n) is 3.57. The van der Waals surface area contributed by atoms with Crippen LogP contribution in [-0.4, -0.2) is 29.5 Å². The molecule has 1 aliphatic heterocycles. The minimum absolute atomic E-state index is 0.00516. The van der Waals surface area contributed by atoms with Crippen LogP contribution in [-0.2, 0) is 24.1 Å². The molecule has 0 aliphatic carbocycles. The summed E-state index contributed by atoms with van der Waals surface area (Å²) < 4.78 is 53.4. The van der Waals surface area contributed by atoms with Gasteiger partial charge in [0.15, 0.2) is 0 Å². The predicted octanol–water partition coefficient (Wildman–Crippen LogP) is 4.23. The number of para-hydroxylation sites is 1. The van der Waals surface area contributed by atoms with Gasteiger partial charge in [-0.2, -0.15) is 13.2 Å². The van der Waals surface area contributed by atoms with Crippen LogP contribution < -0.4 is 15.1 Å². The molecule has 1 aliphatic rings. The molecule has 0 fully saturated rings. The summed E-state index contributed by atoms with van der Waals surface area (Å²) >= 11 is 0. The molecule has 3 aromatic rings. The molecule has 0 bridgehead atoms. The van der Waals surface area contributed by atoms with E-state index in [0.717, 1.165) is 12.1 Å². The minimum atomic E-state index is -4.44. The van der Waals surface area contributed by atoms with Crippen LogP contribution in [0.2, 0.25) is 0 Å². The molecule has 1 aromatic heterocycles. The maximum absolute atomic E-state index is 14.4. The number of rotatable bonds is 4. The van der Waals surface area contributed by atoms with E-state index in [2.05, 4.69) is 15.3 Å². The highest BCUT2D eigenvalue weighted by Gasteiger charge is 2.31. The highest BCUT2D eigenvalue weighted by atomic mass is 19.4. The first-order valence-electron chi connectivity index (χ1n) is 9.74. The Morgan fingerprint density at radius 1 is 1.06 bits per heavy atom. The van der Waals surface area contributed by atoms with Crippen molar-refractivity contribution in [2.24, 2.45) is 0 Å². The standard InChI is InChI=1S/C22H19F4N5O/c1-30-12-19(32)31(18-8-3-2-7-17(18)23)11-16-20(28-13-29-21(16)30)27-10-14-5-4-6-15(9-14)22(24,25)26/h2-9,13H,10-12H2,1H3,(H,27,28,29). The number of hydrogen-bond donors (Lipinski definition) is 1. The van der Waals surface area contributed by atoms with Crippen LogP contribution in [0.25, 0.3) is 0 Å². The van der Waals surface area contributed by atoms with E-state index in [9.17, 15) is 22.4 Å². The number of fused-ring (bicyclic) bond motifs is 1. The second-order valence-corrected chi connectivity index (χ2v) is 7.36. The number of nitrogens with one attached hydrogen (secondary N) is 1. The highest BCUT2D eigenvalue weighted by molar-refractivity contribution is 5.98. The molecule has 0 radical (unpaired) electrons. The Kier molecular flexibility index (Phi) is 5.68. The van der Waals surface area contributed by atoms with Crippen molar-refractivity contribution >= 4 is 23.2 Å². The number of hydrogen-bond acceptors (Lipinski definition) is 5. The number of benzene rings is 2. The number of carbonyl (C=O) groups excluding carboxylic acids is 1. The lowest BCUT2D eigenvalue weighted by Crippen LogP contribution is -2.36. The van der Waals surface area contributed by atoms with Crippen molar-refractivity contribution in [3.8, 4) is 0 Å². The molecule has 0 saturated heterocycles. The zero-order valence-corrected chi connectivity index (χ0v) is 17.0. The van der Waals surface area contributed by atoms with Gasteiger partial charge in [0, 0.05) is 13.6 Å². The maximum Gasteiger partial charge on any atom is 0.416 e. The molecule has 32 heavy (non-hydrogen) atoms. The molecule has 1 amide bonds. The van der Waals surface area contributed by atoms with Crippen molar-refractivity contribution in [3.05, 3.63) is 77.4 Å². The first-order chi connectivity index (χ1) is 15.2. The van der Waals surface area contributed by atoms with E-state index in [1.54, 1.807) is 24.1 Å². The monoisotopic (exact) mass is 445 g/mol. The largest absolute Gasteiger partial charge is 0.416 e. The summed E-state index contributed by atoms with van der Waals surface area (Å²) in [5, 5.41) is 3.04. The van der Waals surface area contributed by atoms with Gasteiger partial charge in [0.2, 0.25) is 5.91 Å². The number of amides is 1. The summed E-state index contributed by atoms with van der Waals surface area (Å²) in [6.45, 7) is 0.0569. The molecule has 166 valence electrons. The molecular weight excluding hydrogens is 426 g/mol. The number of nitrogens with zero attached hydrogens (tertiary/aromatic N) is 4. The van der Waals surface area contributed by atoms with Gasteiger partial charge in [0.25, 0.3) is 0 Å². The van der Waals surface area contributed by atoms with Crippen molar-refractivity contribution in [1.82, 2.24) is 9.97 Å². The van der Waals surface area contributed by atoms with E-state index < -0.39 is 17.6 Å². The maximum atomic E-state index is 14.4. The third kappa shape index (κ3) is 4.34. The molecule has 0 saturated carbocycles. The summed E-state index contributed by atoms with van der Waals surface area (Å²) in [7, 11) is 1.69. The van der Waals surface area contributed by atoms with Crippen LogP contribution >= 0.6 is 0 Å². The lowest BCUT2D eigenvalue weighted by molar-refractivity contribution is -0.137. The quantitative estimate of drug-likeness (QED) is 0.609. The highest BCUT2D eigenvalue weighted by Crippen LogP contribution is 2.32. The number of halogens is 4. The summed E-state index contributed by atoms with van der Waals surface area (Å²) in [6.07, 6.45) is -3.13. The Morgan fingerprint density at radius 3 is 2.59 bits per heavy atom. The number of likely N-dealkylation sites (N-methyl/N-ethyl adjacent to an activating group) is 1. The van der Waals surface area contributed by atoms with Gasteiger partial charge in [0.1, 0.15) is 23.8 Å². The first kappa shape index (κ1) is 21.5. The smallest absolute Gasteiger partial charge is 0.366 e. The van der Waals surface area contributed by atoms with Crippen LogP contribution in [0.3, 0.4) is 0 Å². The van der Waals surface area contributed by atoms with E-state index in [0.29, 0.717) is 22.8 Å². The summed E-state index contributed by atoms with van der Waals surface area (Å²) in [4.78, 5) is 24.2. The Labute approximate surface area is 181 Å². The Balaban J connectivity index is 1.65. The number of anilines is 3. The van der Waals surface area contributed by atoms with E-state index in [4.69, 9.17) is 0 Å². The van der Waals surface area contributed by atoms with E-state index in [1.807, 2.05) is 0 Å².